The highest BCUT2D eigenvalue weighted by Gasteiger charge is 2.32. The van der Waals surface area contributed by atoms with Gasteiger partial charge >= 0.3 is 0 Å². The van der Waals surface area contributed by atoms with Crippen LogP contribution in [0.1, 0.15) is 30.0 Å². The van der Waals surface area contributed by atoms with E-state index in [4.69, 9.17) is 4.74 Å². The van der Waals surface area contributed by atoms with Crippen molar-refractivity contribution in [3.63, 3.8) is 0 Å². The van der Waals surface area contributed by atoms with E-state index in [-0.39, 0.29) is 24.8 Å². The number of nitrogens with zero attached hydrogens (tertiary/aromatic N) is 2. The van der Waals surface area contributed by atoms with E-state index in [2.05, 4.69) is 28.4 Å². The quantitative estimate of drug-likeness (QED) is 0.903. The molecule has 0 spiro atoms. The number of benzene rings is 1. The first-order chi connectivity index (χ1) is 10.4. The van der Waals surface area contributed by atoms with Crippen molar-refractivity contribution >= 4 is 24.8 Å². The molecule has 128 valence electrons. The Hall–Kier alpha value is -0.830. The number of hydrogen-bond acceptors (Lipinski definition) is 4. The molecule has 2 aliphatic rings. The minimum Gasteiger partial charge on any atom is -0.381 e. The molecule has 1 aromatic carbocycles. The summed E-state index contributed by atoms with van der Waals surface area (Å²) in [5.74, 6) is 0.589. The first kappa shape index (κ1) is 20.2. The molecule has 3 rings (SSSR count). The van der Waals surface area contributed by atoms with Crippen molar-refractivity contribution in [2.45, 2.75) is 18.9 Å². The molecule has 4 nitrogen and oxygen atoms in total. The van der Waals surface area contributed by atoms with Crippen LogP contribution in [0.15, 0.2) is 24.3 Å². The van der Waals surface area contributed by atoms with E-state index in [0.717, 1.165) is 57.8 Å². The highest BCUT2D eigenvalue weighted by molar-refractivity contribution is 5.85. The summed E-state index contributed by atoms with van der Waals surface area (Å²) >= 11 is 0. The SMILES string of the molecule is Cl.Cl.N#Cc1ccccc1[C@@H](C1CCOCC1)N1CCNCC1. The molecule has 0 aromatic heterocycles. The smallest absolute Gasteiger partial charge is 0.0995 e. The molecule has 0 aliphatic carbocycles. The van der Waals surface area contributed by atoms with Crippen LogP contribution in [0.25, 0.3) is 0 Å². The van der Waals surface area contributed by atoms with E-state index in [1.165, 1.54) is 5.56 Å². The molecule has 2 saturated heterocycles. The highest BCUT2D eigenvalue weighted by atomic mass is 35.5. The van der Waals surface area contributed by atoms with Crippen LogP contribution in [0, 0.1) is 17.2 Å². The van der Waals surface area contributed by atoms with Crippen molar-refractivity contribution in [2.75, 3.05) is 39.4 Å². The molecule has 2 fully saturated rings. The van der Waals surface area contributed by atoms with Crippen LogP contribution in [0.4, 0.5) is 0 Å². The second kappa shape index (κ2) is 10.1. The number of hydrogen-bond donors (Lipinski definition) is 1. The average molecular weight is 358 g/mol. The van der Waals surface area contributed by atoms with Gasteiger partial charge in [-0.15, -0.1) is 24.8 Å². The number of rotatable bonds is 3. The second-order valence-electron chi connectivity index (χ2n) is 5.88. The van der Waals surface area contributed by atoms with Crippen LogP contribution in [-0.2, 0) is 4.74 Å². The Balaban J connectivity index is 0.00000132. The van der Waals surface area contributed by atoms with Gasteiger partial charge < -0.3 is 10.1 Å². The summed E-state index contributed by atoms with van der Waals surface area (Å²) in [4.78, 5) is 2.56. The normalized spacial score (nSPS) is 20.7. The molecule has 0 saturated carbocycles. The third-order valence-electron chi connectivity index (χ3n) is 4.66. The fourth-order valence-electron chi connectivity index (χ4n) is 3.60. The van der Waals surface area contributed by atoms with Crippen LogP contribution in [0.3, 0.4) is 0 Å². The standard InChI is InChI=1S/C17H23N3O.2ClH/c18-13-15-3-1-2-4-16(15)17(14-5-11-21-12-6-14)20-9-7-19-8-10-20;;/h1-4,14,17,19H,5-12H2;2*1H/t17-;;/m1../s1. The van der Waals surface area contributed by atoms with Crippen LogP contribution in [0.5, 0.6) is 0 Å². The van der Waals surface area contributed by atoms with Crippen molar-refractivity contribution in [3.8, 4) is 6.07 Å². The first-order valence-electron chi connectivity index (χ1n) is 7.91. The fourth-order valence-corrected chi connectivity index (χ4v) is 3.60. The van der Waals surface area contributed by atoms with Crippen LogP contribution < -0.4 is 5.32 Å². The molecule has 0 radical (unpaired) electrons. The Kier molecular flexibility index (Phi) is 8.90. The molecule has 1 atom stereocenters. The van der Waals surface area contributed by atoms with Gasteiger partial charge in [-0.05, 0) is 30.4 Å². The lowest BCUT2D eigenvalue weighted by atomic mass is 9.84. The van der Waals surface area contributed by atoms with Crippen molar-refractivity contribution < 1.29 is 4.74 Å². The third-order valence-corrected chi connectivity index (χ3v) is 4.66. The van der Waals surface area contributed by atoms with Gasteiger partial charge in [0.05, 0.1) is 11.6 Å². The van der Waals surface area contributed by atoms with Crippen molar-refractivity contribution in [1.29, 1.82) is 5.26 Å². The second-order valence-corrected chi connectivity index (χ2v) is 5.88. The molecule has 0 amide bonds. The zero-order valence-electron chi connectivity index (χ0n) is 13.2. The maximum absolute atomic E-state index is 9.46. The lowest BCUT2D eigenvalue weighted by Gasteiger charge is -2.41. The van der Waals surface area contributed by atoms with Gasteiger partial charge in [-0.2, -0.15) is 5.26 Å². The zero-order chi connectivity index (χ0) is 14.5. The molecule has 2 aliphatic heterocycles. The minimum absolute atomic E-state index is 0. The average Bonchev–Trinajstić information content (AvgIpc) is 2.58. The number of ether oxygens (including phenoxy) is 1. The van der Waals surface area contributed by atoms with E-state index in [1.54, 1.807) is 0 Å². The van der Waals surface area contributed by atoms with Gasteiger partial charge in [0.1, 0.15) is 0 Å². The Morgan fingerprint density at radius 1 is 1.13 bits per heavy atom. The van der Waals surface area contributed by atoms with E-state index in [1.807, 2.05) is 12.1 Å². The van der Waals surface area contributed by atoms with Gasteiger partial charge in [-0.3, -0.25) is 4.90 Å². The Bertz CT molecular complexity index is 491. The van der Waals surface area contributed by atoms with Gasteiger partial charge in [0.15, 0.2) is 0 Å². The molecule has 0 bridgehead atoms. The fraction of sp³-hybridized carbons (Fsp3) is 0.588. The molecular weight excluding hydrogens is 333 g/mol. The molecule has 6 heteroatoms. The Morgan fingerprint density at radius 2 is 1.78 bits per heavy atom. The van der Waals surface area contributed by atoms with E-state index >= 15 is 0 Å². The first-order valence-corrected chi connectivity index (χ1v) is 7.91. The maximum atomic E-state index is 9.46. The Labute approximate surface area is 151 Å². The minimum atomic E-state index is 0. The van der Waals surface area contributed by atoms with Crippen molar-refractivity contribution in [1.82, 2.24) is 10.2 Å². The van der Waals surface area contributed by atoms with Crippen LogP contribution in [0.2, 0.25) is 0 Å². The summed E-state index contributed by atoms with van der Waals surface area (Å²) in [5.41, 5.74) is 2.03. The van der Waals surface area contributed by atoms with Crippen molar-refractivity contribution in [2.24, 2.45) is 5.92 Å². The van der Waals surface area contributed by atoms with E-state index in [0.29, 0.717) is 12.0 Å². The number of piperazine rings is 1. The summed E-state index contributed by atoms with van der Waals surface area (Å²) in [6.07, 6.45) is 2.18. The van der Waals surface area contributed by atoms with Crippen molar-refractivity contribution in [3.05, 3.63) is 35.4 Å². The van der Waals surface area contributed by atoms with Gasteiger partial charge in [0.2, 0.25) is 0 Å². The summed E-state index contributed by atoms with van der Waals surface area (Å²) < 4.78 is 5.53. The predicted molar refractivity (Wildman–Crippen MR) is 96.4 cm³/mol. The molecule has 23 heavy (non-hydrogen) atoms. The van der Waals surface area contributed by atoms with Gasteiger partial charge in [0.25, 0.3) is 0 Å². The van der Waals surface area contributed by atoms with Gasteiger partial charge in [-0.1, -0.05) is 18.2 Å². The highest BCUT2D eigenvalue weighted by Crippen LogP contribution is 2.36. The maximum Gasteiger partial charge on any atom is 0.0995 e. The lowest BCUT2D eigenvalue weighted by molar-refractivity contribution is 0.0212. The molecule has 0 unspecified atom stereocenters. The van der Waals surface area contributed by atoms with E-state index in [9.17, 15) is 5.26 Å². The number of halogens is 2. The molecule has 1 aromatic rings. The zero-order valence-corrected chi connectivity index (χ0v) is 14.9. The van der Waals surface area contributed by atoms with E-state index < -0.39 is 0 Å². The number of nitrogens with one attached hydrogen (secondary N) is 1. The summed E-state index contributed by atoms with van der Waals surface area (Å²) in [6, 6.07) is 10.8. The number of nitriles is 1. The molecular formula is C17H25Cl2N3O. The van der Waals surface area contributed by atoms with Gasteiger partial charge in [0, 0.05) is 45.4 Å². The topological polar surface area (TPSA) is 48.3 Å². The predicted octanol–water partition coefficient (Wildman–Crippen LogP) is 2.77. The third kappa shape index (κ3) is 4.82. The summed E-state index contributed by atoms with van der Waals surface area (Å²) in [5, 5.41) is 12.9. The van der Waals surface area contributed by atoms with Crippen LogP contribution >= 0.6 is 24.8 Å². The monoisotopic (exact) mass is 357 g/mol. The summed E-state index contributed by atoms with van der Waals surface area (Å²) in [7, 11) is 0. The Morgan fingerprint density at radius 3 is 2.43 bits per heavy atom. The lowest BCUT2D eigenvalue weighted by Crippen LogP contribution is -2.47. The molecule has 2 heterocycles. The van der Waals surface area contributed by atoms with Crippen LogP contribution in [-0.4, -0.2) is 44.3 Å². The molecule has 1 N–H and O–H groups in total. The summed E-state index contributed by atoms with van der Waals surface area (Å²) in [6.45, 7) is 5.89. The van der Waals surface area contributed by atoms with Gasteiger partial charge in [-0.25, -0.2) is 0 Å². The largest absolute Gasteiger partial charge is 0.381 e.